The summed E-state index contributed by atoms with van der Waals surface area (Å²) in [6.45, 7) is 10.9. The van der Waals surface area contributed by atoms with Crippen LogP contribution in [-0.4, -0.2) is 66.4 Å². The molecule has 0 bridgehead atoms. The highest BCUT2D eigenvalue weighted by molar-refractivity contribution is 7.98. The van der Waals surface area contributed by atoms with Crippen LogP contribution in [0.15, 0.2) is 29.4 Å². The molecule has 4 N–H and O–H groups in total. The summed E-state index contributed by atoms with van der Waals surface area (Å²) in [6, 6.07) is 7.47. The standard InChI is InChI=1S/C22H28N6O3S2.C2H6/c1-14-16(13-32-22-26-19(23)12-20(24)27-22)25-21(33-14)15-3-4-17(29-2)18(11-15)31-10-7-28-5-8-30-9-6-28;1-2/h3-4,11-12H,5-10,13H2,1-2H3,(H4,23,24,26,27);1-2H3. The lowest BCUT2D eigenvalue weighted by atomic mass is 10.2. The minimum Gasteiger partial charge on any atom is -0.493 e. The monoisotopic (exact) mass is 518 g/mol. The van der Waals surface area contributed by atoms with Crippen LogP contribution in [0.2, 0.25) is 0 Å². The van der Waals surface area contributed by atoms with Gasteiger partial charge in [0.05, 0.1) is 26.0 Å². The Morgan fingerprint density at radius 2 is 1.77 bits per heavy atom. The van der Waals surface area contributed by atoms with Gasteiger partial charge in [-0.25, -0.2) is 15.0 Å². The molecule has 1 aliphatic rings. The summed E-state index contributed by atoms with van der Waals surface area (Å²) >= 11 is 3.11. The van der Waals surface area contributed by atoms with Gasteiger partial charge in [-0.2, -0.15) is 0 Å². The molecule has 1 saturated heterocycles. The Hall–Kier alpha value is -2.60. The van der Waals surface area contributed by atoms with Crippen molar-refractivity contribution in [2.45, 2.75) is 31.7 Å². The first-order chi connectivity index (χ1) is 17.0. The van der Waals surface area contributed by atoms with E-state index in [1.54, 1.807) is 24.5 Å². The molecule has 0 unspecified atom stereocenters. The molecule has 1 aliphatic heterocycles. The Labute approximate surface area is 215 Å². The number of aromatic nitrogens is 3. The van der Waals surface area contributed by atoms with Crippen molar-refractivity contribution in [3.8, 4) is 22.1 Å². The highest BCUT2D eigenvalue weighted by Gasteiger charge is 2.15. The summed E-state index contributed by atoms with van der Waals surface area (Å²) in [7, 11) is 1.65. The molecule has 0 amide bonds. The zero-order valence-corrected chi connectivity index (χ0v) is 22.4. The van der Waals surface area contributed by atoms with Crippen molar-refractivity contribution in [2.24, 2.45) is 0 Å². The van der Waals surface area contributed by atoms with Crippen LogP contribution in [0, 0.1) is 6.92 Å². The van der Waals surface area contributed by atoms with Crippen LogP contribution in [0.5, 0.6) is 11.5 Å². The normalized spacial score (nSPS) is 13.7. The first kappa shape index (κ1) is 27.0. The number of nitrogens with zero attached hydrogens (tertiary/aromatic N) is 4. The fraction of sp³-hybridized carbons (Fsp3) is 0.458. The largest absolute Gasteiger partial charge is 0.493 e. The van der Waals surface area contributed by atoms with Crippen molar-refractivity contribution >= 4 is 34.7 Å². The molecule has 3 heterocycles. The maximum Gasteiger partial charge on any atom is 0.191 e. The van der Waals surface area contributed by atoms with E-state index >= 15 is 0 Å². The number of nitrogen functional groups attached to an aromatic ring is 2. The van der Waals surface area contributed by atoms with Crippen molar-refractivity contribution in [2.75, 3.05) is 58.0 Å². The van der Waals surface area contributed by atoms with Gasteiger partial charge in [0.1, 0.15) is 23.3 Å². The van der Waals surface area contributed by atoms with E-state index in [4.69, 9.17) is 30.7 Å². The first-order valence-electron chi connectivity index (χ1n) is 11.6. The van der Waals surface area contributed by atoms with Crippen molar-refractivity contribution < 1.29 is 14.2 Å². The van der Waals surface area contributed by atoms with Crippen LogP contribution in [-0.2, 0) is 10.5 Å². The molecule has 1 aromatic carbocycles. The number of ether oxygens (including phenoxy) is 3. The zero-order valence-electron chi connectivity index (χ0n) is 20.7. The predicted molar refractivity (Wildman–Crippen MR) is 143 cm³/mol. The SMILES string of the molecule is CC.COc1ccc(-c2nc(CSc3nc(N)cc(N)n3)c(C)s2)cc1OCCN1CCOCC1. The number of hydrogen-bond acceptors (Lipinski definition) is 11. The summed E-state index contributed by atoms with van der Waals surface area (Å²) in [5, 5.41) is 1.47. The number of thioether (sulfide) groups is 1. The average molecular weight is 519 g/mol. The average Bonchev–Trinajstić information content (AvgIpc) is 3.24. The van der Waals surface area contributed by atoms with E-state index in [9.17, 15) is 0 Å². The summed E-state index contributed by atoms with van der Waals surface area (Å²) in [4.78, 5) is 16.8. The highest BCUT2D eigenvalue weighted by atomic mass is 32.2. The Kier molecular flexibility index (Phi) is 10.4. The van der Waals surface area contributed by atoms with E-state index in [0.29, 0.717) is 34.9 Å². The van der Waals surface area contributed by atoms with Gasteiger partial charge in [-0.3, -0.25) is 4.90 Å². The second-order valence-corrected chi connectivity index (χ2v) is 9.62. The van der Waals surface area contributed by atoms with Crippen LogP contribution < -0.4 is 20.9 Å². The maximum atomic E-state index is 6.08. The molecule has 11 heteroatoms. The third-order valence-corrected chi connectivity index (χ3v) is 7.08. The van der Waals surface area contributed by atoms with Gasteiger partial charge in [-0.15, -0.1) is 11.3 Å². The number of nitrogens with two attached hydrogens (primary N) is 2. The third-order valence-electron chi connectivity index (χ3n) is 5.16. The predicted octanol–water partition coefficient (Wildman–Crippen LogP) is 4.11. The molecule has 0 saturated carbocycles. The highest BCUT2D eigenvalue weighted by Crippen LogP contribution is 2.36. The summed E-state index contributed by atoms with van der Waals surface area (Å²) in [5.41, 5.74) is 13.5. The third kappa shape index (κ3) is 7.69. The van der Waals surface area contributed by atoms with Crippen molar-refractivity contribution in [1.29, 1.82) is 0 Å². The van der Waals surface area contributed by atoms with Gasteiger partial charge in [0.2, 0.25) is 0 Å². The van der Waals surface area contributed by atoms with Crippen LogP contribution >= 0.6 is 23.1 Å². The molecule has 0 atom stereocenters. The molecule has 0 radical (unpaired) electrons. The van der Waals surface area contributed by atoms with Gasteiger partial charge in [0.15, 0.2) is 16.7 Å². The van der Waals surface area contributed by atoms with Gasteiger partial charge in [0, 0.05) is 41.9 Å². The summed E-state index contributed by atoms with van der Waals surface area (Å²) in [5.74, 6) is 2.78. The molecular formula is C24H34N6O3S2. The van der Waals surface area contributed by atoms with Gasteiger partial charge in [0.25, 0.3) is 0 Å². The van der Waals surface area contributed by atoms with E-state index in [1.165, 1.54) is 11.8 Å². The Balaban J connectivity index is 0.00000167. The summed E-state index contributed by atoms with van der Waals surface area (Å²) < 4.78 is 17.0. The van der Waals surface area contributed by atoms with Gasteiger partial charge in [-0.1, -0.05) is 25.6 Å². The number of rotatable bonds is 9. The van der Waals surface area contributed by atoms with E-state index in [1.807, 2.05) is 32.0 Å². The van der Waals surface area contributed by atoms with Gasteiger partial charge >= 0.3 is 0 Å². The number of anilines is 2. The minimum atomic E-state index is 0.361. The lowest BCUT2D eigenvalue weighted by Gasteiger charge is -2.26. The lowest BCUT2D eigenvalue weighted by molar-refractivity contribution is 0.0321. The quantitative estimate of drug-likeness (QED) is 0.316. The van der Waals surface area contributed by atoms with E-state index in [0.717, 1.165) is 59.7 Å². The van der Waals surface area contributed by atoms with Crippen molar-refractivity contribution in [1.82, 2.24) is 19.9 Å². The Morgan fingerprint density at radius 3 is 2.46 bits per heavy atom. The van der Waals surface area contributed by atoms with Crippen LogP contribution in [0.3, 0.4) is 0 Å². The van der Waals surface area contributed by atoms with E-state index in [2.05, 4.69) is 21.8 Å². The van der Waals surface area contributed by atoms with Crippen LogP contribution in [0.1, 0.15) is 24.4 Å². The fourth-order valence-electron chi connectivity index (χ4n) is 3.38. The summed E-state index contributed by atoms with van der Waals surface area (Å²) in [6.07, 6.45) is 0. The second kappa shape index (κ2) is 13.5. The maximum absolute atomic E-state index is 6.08. The van der Waals surface area contributed by atoms with Crippen LogP contribution in [0.4, 0.5) is 11.6 Å². The number of morpholine rings is 1. The van der Waals surface area contributed by atoms with Gasteiger partial charge in [-0.05, 0) is 25.1 Å². The fourth-order valence-corrected chi connectivity index (χ4v) is 5.28. The number of thiazole rings is 1. The molecule has 4 rings (SSSR count). The topological polar surface area (TPSA) is 122 Å². The molecule has 1 fully saturated rings. The smallest absolute Gasteiger partial charge is 0.191 e. The minimum absolute atomic E-state index is 0.361. The molecule has 9 nitrogen and oxygen atoms in total. The van der Waals surface area contributed by atoms with Gasteiger partial charge < -0.3 is 25.7 Å². The zero-order chi connectivity index (χ0) is 25.2. The second-order valence-electron chi connectivity index (χ2n) is 7.48. The molecule has 2 aromatic heterocycles. The first-order valence-corrected chi connectivity index (χ1v) is 13.4. The number of aryl methyl sites for hydroxylation is 1. The molecule has 35 heavy (non-hydrogen) atoms. The van der Waals surface area contributed by atoms with Crippen molar-refractivity contribution in [3.63, 3.8) is 0 Å². The molecule has 0 spiro atoms. The lowest BCUT2D eigenvalue weighted by Crippen LogP contribution is -2.38. The number of benzene rings is 1. The Morgan fingerprint density at radius 1 is 1.06 bits per heavy atom. The number of hydrogen-bond donors (Lipinski definition) is 2. The molecule has 3 aromatic rings. The molecule has 0 aliphatic carbocycles. The number of methoxy groups -OCH3 is 1. The molecular weight excluding hydrogens is 484 g/mol. The van der Waals surface area contributed by atoms with Crippen LogP contribution in [0.25, 0.3) is 10.6 Å². The van der Waals surface area contributed by atoms with Crippen molar-refractivity contribution in [3.05, 3.63) is 34.8 Å². The van der Waals surface area contributed by atoms with E-state index in [-0.39, 0.29) is 0 Å². The van der Waals surface area contributed by atoms with E-state index < -0.39 is 0 Å². The Bertz CT molecular complexity index is 1070. The molecule has 190 valence electrons.